The molecule has 132 valence electrons. The number of nitrogens with zero attached hydrogens (tertiary/aromatic N) is 1. The predicted octanol–water partition coefficient (Wildman–Crippen LogP) is 4.39. The Labute approximate surface area is 157 Å². The molecule has 0 unspecified atom stereocenters. The molecule has 0 saturated carbocycles. The van der Waals surface area contributed by atoms with Gasteiger partial charge in [0.2, 0.25) is 0 Å². The molecule has 2 N–H and O–H groups in total. The van der Waals surface area contributed by atoms with Crippen LogP contribution in [0.2, 0.25) is 0 Å². The molecule has 1 amide bonds. The molecular formula is C20H19N3O2S. The van der Waals surface area contributed by atoms with Crippen molar-refractivity contribution in [3.8, 4) is 11.3 Å². The lowest BCUT2D eigenvalue weighted by Crippen LogP contribution is -2.34. The van der Waals surface area contributed by atoms with Crippen LogP contribution in [0.4, 0.5) is 5.82 Å². The Hall–Kier alpha value is -2.99. The van der Waals surface area contributed by atoms with E-state index in [1.54, 1.807) is 18.2 Å². The Morgan fingerprint density at radius 3 is 2.58 bits per heavy atom. The molecule has 0 aliphatic heterocycles. The monoisotopic (exact) mass is 365 g/mol. The summed E-state index contributed by atoms with van der Waals surface area (Å²) in [6.45, 7) is 5.97. The van der Waals surface area contributed by atoms with Gasteiger partial charge in [0.05, 0.1) is 0 Å². The molecule has 2 heterocycles. The van der Waals surface area contributed by atoms with E-state index in [-0.39, 0.29) is 10.9 Å². The summed E-state index contributed by atoms with van der Waals surface area (Å²) in [4.78, 5) is 16.6. The molecule has 3 aromatic rings. The number of carbonyl (C=O) groups excluding carboxylic acids is 1. The third kappa shape index (κ3) is 4.15. The maximum Gasteiger partial charge on any atom is 0.293 e. The van der Waals surface area contributed by atoms with E-state index in [0.29, 0.717) is 11.6 Å². The fourth-order valence-corrected chi connectivity index (χ4v) is 2.63. The third-order valence-electron chi connectivity index (χ3n) is 3.98. The molecule has 0 saturated heterocycles. The number of pyridine rings is 1. The van der Waals surface area contributed by atoms with Crippen molar-refractivity contribution in [2.75, 3.05) is 5.32 Å². The molecule has 6 heteroatoms. The number of anilines is 1. The highest BCUT2D eigenvalue weighted by Gasteiger charge is 2.14. The minimum Gasteiger partial charge on any atom is -0.451 e. The topological polar surface area (TPSA) is 67.2 Å². The van der Waals surface area contributed by atoms with Gasteiger partial charge >= 0.3 is 0 Å². The van der Waals surface area contributed by atoms with Crippen molar-refractivity contribution in [2.45, 2.75) is 20.8 Å². The van der Waals surface area contributed by atoms with Crippen LogP contribution >= 0.6 is 12.2 Å². The lowest BCUT2D eigenvalue weighted by Gasteiger charge is -2.08. The molecule has 3 rings (SSSR count). The second-order valence-corrected chi connectivity index (χ2v) is 6.44. The highest BCUT2D eigenvalue weighted by atomic mass is 32.1. The van der Waals surface area contributed by atoms with E-state index in [1.165, 1.54) is 11.1 Å². The number of furan rings is 1. The van der Waals surface area contributed by atoms with Crippen molar-refractivity contribution >= 4 is 29.1 Å². The Bertz CT molecular complexity index is 979. The highest BCUT2D eigenvalue weighted by molar-refractivity contribution is 7.80. The zero-order valence-electron chi connectivity index (χ0n) is 14.8. The van der Waals surface area contributed by atoms with Crippen molar-refractivity contribution in [3.63, 3.8) is 0 Å². The van der Waals surface area contributed by atoms with Gasteiger partial charge in [0.1, 0.15) is 11.6 Å². The van der Waals surface area contributed by atoms with Gasteiger partial charge in [-0.15, -0.1) is 0 Å². The lowest BCUT2D eigenvalue weighted by atomic mass is 10.1. The van der Waals surface area contributed by atoms with E-state index in [2.05, 4.69) is 22.5 Å². The van der Waals surface area contributed by atoms with Gasteiger partial charge in [-0.3, -0.25) is 10.1 Å². The fourth-order valence-electron chi connectivity index (χ4n) is 2.43. The Morgan fingerprint density at radius 1 is 1.04 bits per heavy atom. The van der Waals surface area contributed by atoms with E-state index >= 15 is 0 Å². The molecule has 0 radical (unpaired) electrons. The number of aryl methyl sites for hydroxylation is 3. The summed E-state index contributed by atoms with van der Waals surface area (Å²) in [5.41, 5.74) is 4.16. The average molecular weight is 365 g/mol. The number of thiocarbonyl (C=S) groups is 1. The van der Waals surface area contributed by atoms with Gasteiger partial charge in [0, 0.05) is 11.3 Å². The van der Waals surface area contributed by atoms with Crippen LogP contribution in [0.25, 0.3) is 11.3 Å². The molecule has 0 fully saturated rings. The van der Waals surface area contributed by atoms with E-state index in [0.717, 1.165) is 11.3 Å². The summed E-state index contributed by atoms with van der Waals surface area (Å²) in [6, 6.07) is 15.0. The number of hydrogen-bond acceptors (Lipinski definition) is 4. The highest BCUT2D eigenvalue weighted by Crippen LogP contribution is 2.24. The smallest absolute Gasteiger partial charge is 0.293 e. The summed E-state index contributed by atoms with van der Waals surface area (Å²) in [7, 11) is 0. The van der Waals surface area contributed by atoms with Crippen molar-refractivity contribution in [1.82, 2.24) is 10.3 Å². The largest absolute Gasteiger partial charge is 0.451 e. The molecule has 2 aromatic heterocycles. The minimum atomic E-state index is -0.412. The first-order chi connectivity index (χ1) is 12.4. The molecule has 0 bridgehead atoms. The number of rotatable bonds is 3. The lowest BCUT2D eigenvalue weighted by molar-refractivity contribution is 0.0951. The quantitative estimate of drug-likeness (QED) is 0.674. The van der Waals surface area contributed by atoms with Gasteiger partial charge in [0.15, 0.2) is 10.9 Å². The maximum absolute atomic E-state index is 12.3. The Kier molecular flexibility index (Phi) is 5.14. The van der Waals surface area contributed by atoms with Crippen molar-refractivity contribution in [2.24, 2.45) is 0 Å². The van der Waals surface area contributed by atoms with Gasteiger partial charge in [-0.05, 0) is 74.4 Å². The predicted molar refractivity (Wildman–Crippen MR) is 106 cm³/mol. The number of carbonyl (C=O) groups is 1. The minimum absolute atomic E-state index is 0.164. The summed E-state index contributed by atoms with van der Waals surface area (Å²) < 4.78 is 5.68. The van der Waals surface area contributed by atoms with E-state index in [4.69, 9.17) is 16.6 Å². The molecule has 1 aromatic carbocycles. The maximum atomic E-state index is 12.3. The molecule has 5 nitrogen and oxygen atoms in total. The van der Waals surface area contributed by atoms with Gasteiger partial charge in [-0.1, -0.05) is 18.2 Å². The van der Waals surface area contributed by atoms with Gasteiger partial charge in [-0.2, -0.15) is 0 Å². The van der Waals surface area contributed by atoms with Gasteiger partial charge in [0.25, 0.3) is 5.91 Å². The van der Waals surface area contributed by atoms with Crippen LogP contribution in [-0.2, 0) is 0 Å². The van der Waals surface area contributed by atoms with Gasteiger partial charge < -0.3 is 9.73 Å². The molecule has 26 heavy (non-hydrogen) atoms. The zero-order valence-corrected chi connectivity index (χ0v) is 15.6. The summed E-state index contributed by atoms with van der Waals surface area (Å²) in [6.07, 6.45) is 0. The first-order valence-corrected chi connectivity index (χ1v) is 8.56. The number of hydrogen-bond donors (Lipinski definition) is 2. The van der Waals surface area contributed by atoms with Crippen molar-refractivity contribution in [3.05, 3.63) is 71.1 Å². The summed E-state index contributed by atoms with van der Waals surface area (Å²) >= 11 is 5.16. The number of amides is 1. The molecule has 0 aliphatic carbocycles. The Morgan fingerprint density at radius 2 is 1.85 bits per heavy atom. The number of nitrogens with one attached hydrogen (secondary N) is 2. The van der Waals surface area contributed by atoms with Crippen LogP contribution in [0.15, 0.2) is 52.9 Å². The second-order valence-electron chi connectivity index (χ2n) is 6.04. The Balaban J connectivity index is 1.67. The first-order valence-electron chi connectivity index (χ1n) is 8.16. The molecular weight excluding hydrogens is 346 g/mol. The third-order valence-corrected chi connectivity index (χ3v) is 4.18. The number of aromatic nitrogens is 1. The first kappa shape index (κ1) is 17.8. The van der Waals surface area contributed by atoms with Crippen LogP contribution < -0.4 is 10.6 Å². The zero-order chi connectivity index (χ0) is 18.7. The van der Waals surface area contributed by atoms with Crippen molar-refractivity contribution in [1.29, 1.82) is 0 Å². The van der Waals surface area contributed by atoms with Crippen LogP contribution in [0.5, 0.6) is 0 Å². The standard InChI is InChI=1S/C20H19N3O2S/c1-12-7-8-15(11-13(12)2)16-9-10-17(25-16)19(24)23-20(26)22-18-6-4-5-14(3)21-18/h4-11H,1-3H3,(H2,21,22,23,24,26). The van der Waals surface area contributed by atoms with Crippen LogP contribution in [0.3, 0.4) is 0 Å². The summed E-state index contributed by atoms with van der Waals surface area (Å²) in [5, 5.41) is 5.64. The SMILES string of the molecule is Cc1cccc(NC(=S)NC(=O)c2ccc(-c3ccc(C)c(C)c3)o2)n1. The van der Waals surface area contributed by atoms with E-state index in [9.17, 15) is 4.79 Å². The van der Waals surface area contributed by atoms with Crippen LogP contribution in [-0.4, -0.2) is 16.0 Å². The molecule has 0 aliphatic rings. The van der Waals surface area contributed by atoms with Crippen LogP contribution in [0, 0.1) is 20.8 Å². The second kappa shape index (κ2) is 7.49. The number of benzene rings is 1. The normalized spacial score (nSPS) is 10.4. The molecule has 0 atom stereocenters. The summed E-state index contributed by atoms with van der Waals surface area (Å²) in [5.74, 6) is 0.993. The van der Waals surface area contributed by atoms with Gasteiger partial charge in [-0.25, -0.2) is 4.98 Å². The van der Waals surface area contributed by atoms with Crippen LogP contribution in [0.1, 0.15) is 27.4 Å². The molecule has 0 spiro atoms. The average Bonchev–Trinajstić information content (AvgIpc) is 3.07. The van der Waals surface area contributed by atoms with E-state index in [1.807, 2.05) is 44.2 Å². The van der Waals surface area contributed by atoms with Crippen molar-refractivity contribution < 1.29 is 9.21 Å². The van der Waals surface area contributed by atoms with E-state index < -0.39 is 5.91 Å². The fraction of sp³-hybridized carbons (Fsp3) is 0.150.